The Labute approximate surface area is 168 Å². The number of thioether (sulfide) groups is 1. The van der Waals surface area contributed by atoms with Gasteiger partial charge >= 0.3 is 0 Å². The number of hydrogen-bond donors (Lipinski definition) is 2. The minimum absolute atomic E-state index is 0.0601. The zero-order chi connectivity index (χ0) is 19.2. The number of carbonyl (C=O) groups is 1. The number of benzene rings is 2. The van der Waals surface area contributed by atoms with E-state index in [1.807, 2.05) is 54.6 Å². The van der Waals surface area contributed by atoms with Crippen LogP contribution in [0.1, 0.15) is 12.8 Å². The van der Waals surface area contributed by atoms with E-state index in [4.69, 9.17) is 4.74 Å². The Morgan fingerprint density at radius 3 is 2.68 bits per heavy atom. The summed E-state index contributed by atoms with van der Waals surface area (Å²) in [5.74, 6) is 1.86. The van der Waals surface area contributed by atoms with E-state index in [1.165, 1.54) is 24.6 Å². The zero-order valence-electron chi connectivity index (χ0n) is 15.4. The van der Waals surface area contributed by atoms with Crippen LogP contribution in [0.3, 0.4) is 0 Å². The van der Waals surface area contributed by atoms with Crippen LogP contribution in [0.4, 0.5) is 5.82 Å². The van der Waals surface area contributed by atoms with Crippen molar-refractivity contribution in [3.05, 3.63) is 54.6 Å². The number of hydrogen-bond acceptors (Lipinski definition) is 6. The molecule has 1 aliphatic carbocycles. The Bertz CT molecular complexity index is 948. The summed E-state index contributed by atoms with van der Waals surface area (Å²) in [4.78, 5) is 21.3. The third kappa shape index (κ3) is 5.13. The number of para-hydroxylation sites is 2. The molecule has 1 heterocycles. The lowest BCUT2D eigenvalue weighted by atomic mass is 10.2. The Morgan fingerprint density at radius 2 is 1.86 bits per heavy atom. The average Bonchev–Trinajstić information content (AvgIpc) is 3.54. The van der Waals surface area contributed by atoms with Gasteiger partial charge in [0.25, 0.3) is 0 Å². The van der Waals surface area contributed by atoms with Gasteiger partial charge in [0.1, 0.15) is 18.2 Å². The SMILES string of the molecule is O=C(CSc1nc(NC2CC2)c2ccccc2n1)NCCOc1ccccc1. The molecule has 1 aliphatic rings. The van der Waals surface area contributed by atoms with Gasteiger partial charge in [-0.25, -0.2) is 9.97 Å². The first kappa shape index (κ1) is 18.6. The molecule has 0 aliphatic heterocycles. The van der Waals surface area contributed by atoms with Gasteiger partial charge < -0.3 is 15.4 Å². The molecule has 0 radical (unpaired) electrons. The molecule has 144 valence electrons. The minimum atomic E-state index is -0.0601. The van der Waals surface area contributed by atoms with E-state index in [0.29, 0.717) is 24.3 Å². The largest absolute Gasteiger partial charge is 0.492 e. The molecule has 0 unspecified atom stereocenters. The Balaban J connectivity index is 1.29. The van der Waals surface area contributed by atoms with E-state index in [9.17, 15) is 4.79 Å². The summed E-state index contributed by atoms with van der Waals surface area (Å²) < 4.78 is 5.57. The molecule has 1 saturated carbocycles. The van der Waals surface area contributed by atoms with Gasteiger partial charge in [-0.1, -0.05) is 42.1 Å². The first-order chi connectivity index (χ1) is 13.8. The predicted octanol–water partition coefficient (Wildman–Crippen LogP) is 3.49. The van der Waals surface area contributed by atoms with Crippen LogP contribution in [0.5, 0.6) is 5.75 Å². The molecular weight excluding hydrogens is 372 g/mol. The van der Waals surface area contributed by atoms with Crippen molar-refractivity contribution in [1.29, 1.82) is 0 Å². The Kier molecular flexibility index (Phi) is 5.92. The molecule has 1 fully saturated rings. The highest BCUT2D eigenvalue weighted by Gasteiger charge is 2.22. The maximum Gasteiger partial charge on any atom is 0.230 e. The van der Waals surface area contributed by atoms with E-state index < -0.39 is 0 Å². The normalized spacial score (nSPS) is 13.3. The lowest BCUT2D eigenvalue weighted by Gasteiger charge is -2.10. The van der Waals surface area contributed by atoms with Crippen molar-refractivity contribution in [3.8, 4) is 5.75 Å². The molecule has 0 spiro atoms. The van der Waals surface area contributed by atoms with Crippen molar-refractivity contribution in [2.24, 2.45) is 0 Å². The summed E-state index contributed by atoms with van der Waals surface area (Å²) >= 11 is 1.34. The van der Waals surface area contributed by atoms with Crippen molar-refractivity contribution in [3.63, 3.8) is 0 Å². The van der Waals surface area contributed by atoms with Crippen LogP contribution in [0, 0.1) is 0 Å². The highest BCUT2D eigenvalue weighted by atomic mass is 32.2. The molecule has 28 heavy (non-hydrogen) atoms. The fraction of sp³-hybridized carbons (Fsp3) is 0.286. The van der Waals surface area contributed by atoms with Crippen LogP contribution in [0.15, 0.2) is 59.8 Å². The lowest BCUT2D eigenvalue weighted by Crippen LogP contribution is -2.29. The van der Waals surface area contributed by atoms with Crippen LogP contribution in [-0.4, -0.2) is 40.8 Å². The van der Waals surface area contributed by atoms with Gasteiger partial charge in [-0.05, 0) is 37.1 Å². The van der Waals surface area contributed by atoms with Gasteiger partial charge in [0.2, 0.25) is 5.91 Å². The quantitative estimate of drug-likeness (QED) is 0.329. The van der Waals surface area contributed by atoms with Crippen LogP contribution >= 0.6 is 11.8 Å². The number of nitrogens with zero attached hydrogens (tertiary/aromatic N) is 2. The molecule has 1 aromatic heterocycles. The average molecular weight is 395 g/mol. The third-order valence-corrected chi connectivity index (χ3v) is 5.12. The number of amides is 1. The molecule has 6 nitrogen and oxygen atoms in total. The maximum atomic E-state index is 12.1. The van der Waals surface area contributed by atoms with Crippen molar-refractivity contribution < 1.29 is 9.53 Å². The number of carbonyl (C=O) groups excluding carboxylic acids is 1. The van der Waals surface area contributed by atoms with Crippen LogP contribution in [0.25, 0.3) is 10.9 Å². The second-order valence-electron chi connectivity index (χ2n) is 6.59. The highest BCUT2D eigenvalue weighted by molar-refractivity contribution is 7.99. The maximum absolute atomic E-state index is 12.1. The van der Waals surface area contributed by atoms with Gasteiger partial charge in [-0.15, -0.1) is 0 Å². The van der Waals surface area contributed by atoms with Crippen molar-refractivity contribution in [2.75, 3.05) is 24.2 Å². The summed E-state index contributed by atoms with van der Waals surface area (Å²) in [6.45, 7) is 0.893. The first-order valence-corrected chi connectivity index (χ1v) is 10.4. The van der Waals surface area contributed by atoms with E-state index in [-0.39, 0.29) is 11.7 Å². The smallest absolute Gasteiger partial charge is 0.230 e. The van der Waals surface area contributed by atoms with Crippen molar-refractivity contribution in [1.82, 2.24) is 15.3 Å². The van der Waals surface area contributed by atoms with Gasteiger partial charge in [0.15, 0.2) is 5.16 Å². The molecule has 2 N–H and O–H groups in total. The third-order valence-electron chi connectivity index (χ3n) is 4.27. The molecule has 7 heteroatoms. The van der Waals surface area contributed by atoms with Gasteiger partial charge in [0.05, 0.1) is 17.8 Å². The van der Waals surface area contributed by atoms with Crippen LogP contribution in [-0.2, 0) is 4.79 Å². The number of fused-ring (bicyclic) bond motifs is 1. The molecule has 4 rings (SSSR count). The molecule has 1 amide bonds. The molecule has 0 atom stereocenters. The van der Waals surface area contributed by atoms with Gasteiger partial charge in [-0.2, -0.15) is 0 Å². The number of ether oxygens (including phenoxy) is 1. The fourth-order valence-corrected chi connectivity index (χ4v) is 3.39. The zero-order valence-corrected chi connectivity index (χ0v) is 16.2. The predicted molar refractivity (Wildman–Crippen MR) is 112 cm³/mol. The monoisotopic (exact) mass is 394 g/mol. The van der Waals surface area contributed by atoms with Gasteiger partial charge in [-0.3, -0.25) is 4.79 Å². The van der Waals surface area contributed by atoms with E-state index >= 15 is 0 Å². The number of aromatic nitrogens is 2. The second kappa shape index (κ2) is 8.93. The molecular formula is C21H22N4O2S. The number of rotatable bonds is 9. The standard InChI is InChI=1S/C21H22N4O2S/c26-19(22-12-13-27-16-6-2-1-3-7-16)14-28-21-24-18-9-5-4-8-17(18)20(25-21)23-15-10-11-15/h1-9,15H,10-14H2,(H,22,26)(H,23,24,25). The lowest BCUT2D eigenvalue weighted by molar-refractivity contribution is -0.118. The van der Waals surface area contributed by atoms with Crippen molar-refractivity contribution >= 4 is 34.4 Å². The highest BCUT2D eigenvalue weighted by Crippen LogP contribution is 2.29. The number of anilines is 1. The van der Waals surface area contributed by atoms with E-state index in [1.54, 1.807) is 0 Å². The molecule has 3 aromatic rings. The molecule has 0 bridgehead atoms. The Morgan fingerprint density at radius 1 is 1.07 bits per heavy atom. The summed E-state index contributed by atoms with van der Waals surface area (Å²) in [6.07, 6.45) is 2.35. The first-order valence-electron chi connectivity index (χ1n) is 9.38. The van der Waals surface area contributed by atoms with Crippen LogP contribution < -0.4 is 15.4 Å². The van der Waals surface area contributed by atoms with E-state index in [0.717, 1.165) is 22.5 Å². The van der Waals surface area contributed by atoms with Crippen molar-refractivity contribution in [2.45, 2.75) is 24.0 Å². The summed E-state index contributed by atoms with van der Waals surface area (Å²) in [5.41, 5.74) is 0.889. The summed E-state index contributed by atoms with van der Waals surface area (Å²) in [7, 11) is 0. The molecule has 0 saturated heterocycles. The summed E-state index contributed by atoms with van der Waals surface area (Å²) in [6, 6.07) is 18.0. The van der Waals surface area contributed by atoms with Gasteiger partial charge in [0, 0.05) is 11.4 Å². The Hall–Kier alpha value is -2.80. The topological polar surface area (TPSA) is 76.1 Å². The van der Waals surface area contributed by atoms with Crippen LogP contribution in [0.2, 0.25) is 0 Å². The number of nitrogens with one attached hydrogen (secondary N) is 2. The summed E-state index contributed by atoms with van der Waals surface area (Å²) in [5, 5.41) is 7.95. The second-order valence-corrected chi connectivity index (χ2v) is 7.53. The minimum Gasteiger partial charge on any atom is -0.492 e. The molecule has 2 aromatic carbocycles. The fourth-order valence-electron chi connectivity index (χ4n) is 2.71. The van der Waals surface area contributed by atoms with E-state index in [2.05, 4.69) is 20.6 Å².